The van der Waals surface area contributed by atoms with Gasteiger partial charge in [0.25, 0.3) is 0 Å². The topological polar surface area (TPSA) is 50.8 Å². The van der Waals surface area contributed by atoms with Gasteiger partial charge in [0.15, 0.2) is 5.96 Å². The van der Waals surface area contributed by atoms with E-state index in [0.29, 0.717) is 6.10 Å². The highest BCUT2D eigenvalue weighted by Gasteiger charge is 2.44. The summed E-state index contributed by atoms with van der Waals surface area (Å²) < 4.78 is 5.74. The van der Waals surface area contributed by atoms with Crippen molar-refractivity contribution in [2.24, 2.45) is 10.7 Å². The van der Waals surface area contributed by atoms with Crippen LogP contribution in [0.2, 0.25) is 0 Å². The second kappa shape index (κ2) is 4.69. The molecule has 3 rings (SSSR count). The Kier molecular flexibility index (Phi) is 3.21. The fraction of sp³-hybridized carbons (Fsp3) is 0.917. The molecule has 3 aliphatic heterocycles. The van der Waals surface area contributed by atoms with Crippen LogP contribution in [-0.2, 0) is 4.74 Å². The molecule has 4 nitrogen and oxygen atoms in total. The van der Waals surface area contributed by atoms with Gasteiger partial charge in [-0.25, -0.2) is 0 Å². The molecular formula is C12H21N3OS. The van der Waals surface area contributed by atoms with Crippen molar-refractivity contribution in [3.63, 3.8) is 0 Å². The predicted octanol–water partition coefficient (Wildman–Crippen LogP) is 1.06. The fourth-order valence-electron chi connectivity index (χ4n) is 3.10. The van der Waals surface area contributed by atoms with Crippen LogP contribution in [0.4, 0.5) is 0 Å². The number of thioether (sulfide) groups is 1. The fourth-order valence-corrected chi connectivity index (χ4v) is 4.35. The highest BCUT2D eigenvalue weighted by Crippen LogP contribution is 2.36. The zero-order valence-electron chi connectivity index (χ0n) is 10.2. The molecule has 1 atom stereocenters. The molecule has 3 aliphatic rings. The maximum atomic E-state index is 6.08. The summed E-state index contributed by atoms with van der Waals surface area (Å²) in [5.74, 6) is 3.22. The Hall–Kier alpha value is -0.420. The van der Waals surface area contributed by atoms with Crippen LogP contribution in [0, 0.1) is 0 Å². The second-order valence-corrected chi connectivity index (χ2v) is 6.48. The lowest BCUT2D eigenvalue weighted by atomic mass is 9.91. The SMILES string of the molecule is NC1=NCC2(CCSCC2)N1CC1CCCO1. The van der Waals surface area contributed by atoms with Crippen LogP contribution in [0.1, 0.15) is 25.7 Å². The Bertz CT molecular complexity index is 309. The quantitative estimate of drug-likeness (QED) is 0.801. The van der Waals surface area contributed by atoms with Gasteiger partial charge in [0.2, 0.25) is 0 Å². The molecule has 17 heavy (non-hydrogen) atoms. The molecular weight excluding hydrogens is 234 g/mol. The van der Waals surface area contributed by atoms with Crippen molar-refractivity contribution in [2.75, 3.05) is 31.2 Å². The summed E-state index contributed by atoms with van der Waals surface area (Å²) in [4.78, 5) is 6.84. The standard InChI is InChI=1S/C12H21N3OS/c13-11-14-9-12(3-6-17-7-4-12)15(11)8-10-2-1-5-16-10/h10H,1-9H2,(H2,13,14). The molecule has 2 N–H and O–H groups in total. The van der Waals surface area contributed by atoms with Crippen LogP contribution in [-0.4, -0.2) is 53.7 Å². The summed E-state index contributed by atoms with van der Waals surface area (Å²) in [6, 6.07) is 0. The molecule has 2 fully saturated rings. The van der Waals surface area contributed by atoms with Crippen LogP contribution in [0.25, 0.3) is 0 Å². The first-order chi connectivity index (χ1) is 8.30. The lowest BCUT2D eigenvalue weighted by Gasteiger charge is -2.42. The van der Waals surface area contributed by atoms with Crippen LogP contribution >= 0.6 is 11.8 Å². The number of guanidine groups is 1. The van der Waals surface area contributed by atoms with Crippen molar-refractivity contribution >= 4 is 17.7 Å². The van der Waals surface area contributed by atoms with Crippen LogP contribution in [0.15, 0.2) is 4.99 Å². The van der Waals surface area contributed by atoms with E-state index in [4.69, 9.17) is 10.5 Å². The van der Waals surface area contributed by atoms with Gasteiger partial charge in [-0.1, -0.05) is 0 Å². The highest BCUT2D eigenvalue weighted by molar-refractivity contribution is 7.99. The monoisotopic (exact) mass is 255 g/mol. The number of nitrogens with zero attached hydrogens (tertiary/aromatic N) is 2. The summed E-state index contributed by atoms with van der Waals surface area (Å²) >= 11 is 2.05. The summed E-state index contributed by atoms with van der Waals surface area (Å²) in [7, 11) is 0. The molecule has 0 bridgehead atoms. The van der Waals surface area contributed by atoms with Gasteiger partial charge in [0.1, 0.15) is 0 Å². The van der Waals surface area contributed by atoms with E-state index in [-0.39, 0.29) is 5.54 Å². The molecule has 0 amide bonds. The summed E-state index contributed by atoms with van der Waals surface area (Å²) in [5, 5.41) is 0. The van der Waals surface area contributed by atoms with E-state index in [2.05, 4.69) is 21.7 Å². The van der Waals surface area contributed by atoms with Gasteiger partial charge in [-0.3, -0.25) is 4.99 Å². The minimum absolute atomic E-state index is 0.223. The summed E-state index contributed by atoms with van der Waals surface area (Å²) in [6.07, 6.45) is 5.17. The smallest absolute Gasteiger partial charge is 0.191 e. The molecule has 2 saturated heterocycles. The normalized spacial score (nSPS) is 32.1. The number of nitrogens with two attached hydrogens (primary N) is 1. The van der Waals surface area contributed by atoms with Gasteiger partial charge >= 0.3 is 0 Å². The first kappa shape index (κ1) is 11.7. The predicted molar refractivity (Wildman–Crippen MR) is 71.5 cm³/mol. The molecule has 0 aromatic rings. The van der Waals surface area contributed by atoms with Crippen molar-refractivity contribution in [1.82, 2.24) is 4.90 Å². The molecule has 96 valence electrons. The lowest BCUT2D eigenvalue weighted by Crippen LogP contribution is -2.55. The third-order valence-corrected chi connectivity index (χ3v) is 5.20. The molecule has 1 unspecified atom stereocenters. The van der Waals surface area contributed by atoms with Gasteiger partial charge in [0.05, 0.1) is 18.2 Å². The van der Waals surface area contributed by atoms with Gasteiger partial charge in [-0.2, -0.15) is 11.8 Å². The van der Waals surface area contributed by atoms with E-state index in [1.165, 1.54) is 37.2 Å². The van der Waals surface area contributed by atoms with E-state index in [9.17, 15) is 0 Å². The largest absolute Gasteiger partial charge is 0.376 e. The van der Waals surface area contributed by atoms with Crippen molar-refractivity contribution in [3.05, 3.63) is 0 Å². The van der Waals surface area contributed by atoms with Gasteiger partial charge in [-0.15, -0.1) is 0 Å². The molecule has 0 aromatic carbocycles. The van der Waals surface area contributed by atoms with Gasteiger partial charge in [0, 0.05) is 13.2 Å². The Labute approximate surface area is 107 Å². The second-order valence-electron chi connectivity index (χ2n) is 5.26. The van der Waals surface area contributed by atoms with Gasteiger partial charge in [-0.05, 0) is 37.2 Å². The Balaban J connectivity index is 1.71. The molecule has 0 saturated carbocycles. The van der Waals surface area contributed by atoms with Crippen molar-refractivity contribution in [1.29, 1.82) is 0 Å². The highest BCUT2D eigenvalue weighted by atomic mass is 32.2. The molecule has 0 aliphatic carbocycles. The Morgan fingerprint density at radius 2 is 2.29 bits per heavy atom. The maximum Gasteiger partial charge on any atom is 0.191 e. The zero-order chi connectivity index (χ0) is 11.7. The van der Waals surface area contributed by atoms with Crippen LogP contribution in [0.3, 0.4) is 0 Å². The number of hydrogen-bond donors (Lipinski definition) is 1. The van der Waals surface area contributed by atoms with E-state index >= 15 is 0 Å². The average Bonchev–Trinajstić information content (AvgIpc) is 2.95. The molecule has 5 heteroatoms. The molecule has 0 radical (unpaired) electrons. The third-order valence-electron chi connectivity index (χ3n) is 4.22. The summed E-state index contributed by atoms with van der Waals surface area (Å²) in [5.41, 5.74) is 6.30. The number of hydrogen-bond acceptors (Lipinski definition) is 5. The third kappa shape index (κ3) is 2.15. The molecule has 0 aromatic heterocycles. The molecule has 1 spiro atoms. The van der Waals surface area contributed by atoms with E-state index < -0.39 is 0 Å². The minimum Gasteiger partial charge on any atom is -0.376 e. The Morgan fingerprint density at radius 3 is 3.00 bits per heavy atom. The maximum absolute atomic E-state index is 6.08. The lowest BCUT2D eigenvalue weighted by molar-refractivity contribution is 0.0627. The van der Waals surface area contributed by atoms with Gasteiger partial charge < -0.3 is 15.4 Å². The van der Waals surface area contributed by atoms with Crippen molar-refractivity contribution < 1.29 is 4.74 Å². The number of aliphatic imine (C=N–C) groups is 1. The molecule has 3 heterocycles. The zero-order valence-corrected chi connectivity index (χ0v) is 11.0. The summed E-state index contributed by atoms with van der Waals surface area (Å²) in [6.45, 7) is 2.75. The van der Waals surface area contributed by atoms with E-state index in [1.54, 1.807) is 0 Å². The first-order valence-corrected chi connectivity index (χ1v) is 7.73. The average molecular weight is 255 g/mol. The number of rotatable bonds is 2. The Morgan fingerprint density at radius 1 is 1.47 bits per heavy atom. The van der Waals surface area contributed by atoms with Crippen molar-refractivity contribution in [3.8, 4) is 0 Å². The van der Waals surface area contributed by atoms with E-state index in [0.717, 1.165) is 25.7 Å². The van der Waals surface area contributed by atoms with E-state index in [1.807, 2.05) is 0 Å². The number of ether oxygens (including phenoxy) is 1. The minimum atomic E-state index is 0.223. The van der Waals surface area contributed by atoms with Crippen LogP contribution in [0.5, 0.6) is 0 Å². The first-order valence-electron chi connectivity index (χ1n) is 6.57. The van der Waals surface area contributed by atoms with Crippen LogP contribution < -0.4 is 5.73 Å². The van der Waals surface area contributed by atoms with Crippen molar-refractivity contribution in [2.45, 2.75) is 37.3 Å².